The van der Waals surface area contributed by atoms with Crippen molar-refractivity contribution in [2.75, 3.05) is 0 Å². The van der Waals surface area contributed by atoms with E-state index in [9.17, 15) is 24.3 Å². The predicted molar refractivity (Wildman–Crippen MR) is 82.3 cm³/mol. The summed E-state index contributed by atoms with van der Waals surface area (Å²) in [4.78, 5) is 50.9. The Morgan fingerprint density at radius 3 is 2.39 bits per heavy atom. The Morgan fingerprint density at radius 1 is 1.30 bits per heavy atom. The van der Waals surface area contributed by atoms with Crippen LogP contribution in [-0.4, -0.2) is 39.1 Å². The van der Waals surface area contributed by atoms with E-state index in [1.165, 1.54) is 19.1 Å². The van der Waals surface area contributed by atoms with Crippen LogP contribution in [0.1, 0.15) is 40.0 Å². The molecule has 23 heavy (non-hydrogen) atoms. The molecule has 0 aromatic carbocycles. The zero-order valence-electron chi connectivity index (χ0n) is 13.5. The summed E-state index contributed by atoms with van der Waals surface area (Å²) in [5.74, 6) is -3.95. The molecule has 1 saturated heterocycles. The van der Waals surface area contributed by atoms with E-state index in [0.717, 1.165) is 4.90 Å². The molecular weight excluding hydrogens is 298 g/mol. The van der Waals surface area contributed by atoms with Gasteiger partial charge in [-0.3, -0.25) is 19.3 Å². The standard InChI is InChI=1S/C17H21NO5/c1-4-9-16(5-2,15(22)23)18-13(20)12-8-6-7-10-17(12,11(3)19)14(18)21/h6-8,10,12H,4-5,9H2,1-3H3,(H,22,23). The Kier molecular flexibility index (Phi) is 4.28. The van der Waals surface area contributed by atoms with E-state index in [1.807, 2.05) is 0 Å². The average Bonchev–Trinajstić information content (AvgIpc) is 2.75. The smallest absolute Gasteiger partial charge is 0.330 e. The molecule has 124 valence electrons. The number of nitrogens with zero attached hydrogens (tertiary/aromatic N) is 1. The number of likely N-dealkylation sites (tertiary alicyclic amines) is 1. The van der Waals surface area contributed by atoms with Gasteiger partial charge in [0.15, 0.2) is 0 Å². The first-order valence-electron chi connectivity index (χ1n) is 7.78. The first-order chi connectivity index (χ1) is 10.8. The number of carbonyl (C=O) groups excluding carboxylic acids is 3. The van der Waals surface area contributed by atoms with Crippen molar-refractivity contribution in [3.63, 3.8) is 0 Å². The fourth-order valence-corrected chi connectivity index (χ4v) is 3.65. The van der Waals surface area contributed by atoms with Gasteiger partial charge in [0, 0.05) is 0 Å². The van der Waals surface area contributed by atoms with E-state index < -0.39 is 40.4 Å². The van der Waals surface area contributed by atoms with Gasteiger partial charge in [0.2, 0.25) is 11.8 Å². The molecule has 2 aliphatic rings. The highest BCUT2D eigenvalue weighted by Crippen LogP contribution is 2.47. The normalized spacial score (nSPS) is 28.7. The number of fused-ring (bicyclic) bond motifs is 1. The Hall–Kier alpha value is -2.24. The minimum Gasteiger partial charge on any atom is -0.479 e. The summed E-state index contributed by atoms with van der Waals surface area (Å²) in [5, 5.41) is 9.74. The number of carbonyl (C=O) groups is 4. The molecule has 0 aromatic heterocycles. The Morgan fingerprint density at radius 2 is 1.96 bits per heavy atom. The van der Waals surface area contributed by atoms with Crippen LogP contribution in [-0.2, 0) is 19.2 Å². The summed E-state index contributed by atoms with van der Waals surface area (Å²) in [6, 6.07) is 0. The highest BCUT2D eigenvalue weighted by molar-refractivity contribution is 6.22. The summed E-state index contributed by atoms with van der Waals surface area (Å²) in [6.45, 7) is 4.70. The van der Waals surface area contributed by atoms with Gasteiger partial charge in [-0.2, -0.15) is 0 Å². The number of imide groups is 1. The number of carboxylic acids is 1. The molecule has 0 aromatic rings. The van der Waals surface area contributed by atoms with Gasteiger partial charge in [0.1, 0.15) is 16.7 Å². The summed E-state index contributed by atoms with van der Waals surface area (Å²) in [7, 11) is 0. The molecule has 0 spiro atoms. The van der Waals surface area contributed by atoms with Gasteiger partial charge >= 0.3 is 5.97 Å². The van der Waals surface area contributed by atoms with Gasteiger partial charge < -0.3 is 5.11 Å². The Bertz CT molecular complexity index is 635. The van der Waals surface area contributed by atoms with Crippen LogP contribution in [0.3, 0.4) is 0 Å². The summed E-state index contributed by atoms with van der Waals surface area (Å²) < 4.78 is 0. The number of Topliss-reactive ketones (excluding diaryl/α,β-unsaturated/α-hetero) is 1. The van der Waals surface area contributed by atoms with E-state index in [1.54, 1.807) is 26.0 Å². The Labute approximate surface area is 134 Å². The number of amides is 2. The fraction of sp³-hybridized carbons (Fsp3) is 0.529. The van der Waals surface area contributed by atoms with Gasteiger partial charge in [-0.05, 0) is 19.8 Å². The molecule has 6 heteroatoms. The molecule has 1 heterocycles. The third-order valence-electron chi connectivity index (χ3n) is 4.96. The molecule has 3 atom stereocenters. The molecule has 2 amide bonds. The number of aliphatic carboxylic acids is 1. The second-order valence-electron chi connectivity index (χ2n) is 6.07. The lowest BCUT2D eigenvalue weighted by atomic mass is 9.72. The van der Waals surface area contributed by atoms with E-state index in [0.29, 0.717) is 6.42 Å². The summed E-state index contributed by atoms with van der Waals surface area (Å²) >= 11 is 0. The van der Waals surface area contributed by atoms with Crippen molar-refractivity contribution in [1.82, 2.24) is 4.90 Å². The van der Waals surface area contributed by atoms with Crippen LogP contribution in [0.4, 0.5) is 0 Å². The van der Waals surface area contributed by atoms with E-state index in [4.69, 9.17) is 0 Å². The van der Waals surface area contributed by atoms with Crippen LogP contribution in [0, 0.1) is 11.3 Å². The van der Waals surface area contributed by atoms with Crippen LogP contribution < -0.4 is 0 Å². The quantitative estimate of drug-likeness (QED) is 0.594. The first kappa shape index (κ1) is 17.1. The number of ketones is 1. The lowest BCUT2D eigenvalue weighted by Gasteiger charge is -2.36. The van der Waals surface area contributed by atoms with Crippen LogP contribution in [0.5, 0.6) is 0 Å². The largest absolute Gasteiger partial charge is 0.479 e. The third kappa shape index (κ3) is 2.08. The third-order valence-corrected chi connectivity index (χ3v) is 4.96. The minimum atomic E-state index is -1.61. The zero-order valence-corrected chi connectivity index (χ0v) is 13.5. The van der Waals surface area contributed by atoms with Crippen molar-refractivity contribution in [1.29, 1.82) is 0 Å². The highest BCUT2D eigenvalue weighted by atomic mass is 16.4. The van der Waals surface area contributed by atoms with Crippen molar-refractivity contribution >= 4 is 23.6 Å². The van der Waals surface area contributed by atoms with Crippen molar-refractivity contribution < 1.29 is 24.3 Å². The van der Waals surface area contributed by atoms with E-state index in [-0.39, 0.29) is 12.8 Å². The summed E-state index contributed by atoms with van der Waals surface area (Å²) in [5.41, 5.74) is -3.21. The van der Waals surface area contributed by atoms with Gasteiger partial charge in [0.05, 0.1) is 5.92 Å². The Balaban J connectivity index is 2.65. The van der Waals surface area contributed by atoms with Crippen molar-refractivity contribution in [3.8, 4) is 0 Å². The maximum Gasteiger partial charge on any atom is 0.330 e. The van der Waals surface area contributed by atoms with Crippen molar-refractivity contribution in [2.24, 2.45) is 11.3 Å². The molecule has 0 saturated carbocycles. The lowest BCUT2D eigenvalue weighted by Crippen LogP contribution is -2.58. The number of hydrogen-bond donors (Lipinski definition) is 1. The van der Waals surface area contributed by atoms with E-state index in [2.05, 4.69) is 0 Å². The maximum absolute atomic E-state index is 13.0. The topological polar surface area (TPSA) is 91.8 Å². The second-order valence-corrected chi connectivity index (χ2v) is 6.07. The number of allylic oxidation sites excluding steroid dienone is 2. The molecule has 1 fully saturated rings. The number of hydrogen-bond acceptors (Lipinski definition) is 4. The van der Waals surface area contributed by atoms with Gasteiger partial charge in [-0.25, -0.2) is 4.79 Å². The average molecular weight is 319 g/mol. The number of carboxylic acid groups (broad SMARTS) is 1. The van der Waals surface area contributed by atoms with Gasteiger partial charge in [0.25, 0.3) is 0 Å². The molecule has 2 rings (SSSR count). The molecule has 1 N–H and O–H groups in total. The SMILES string of the molecule is CCCC(CC)(C(=O)O)N1C(=O)C2C=CC=CC2(C(C)=O)C1=O. The lowest BCUT2D eigenvalue weighted by molar-refractivity contribution is -0.165. The van der Waals surface area contributed by atoms with Crippen LogP contribution >= 0.6 is 0 Å². The molecule has 0 bridgehead atoms. The van der Waals surface area contributed by atoms with Crippen LogP contribution in [0.2, 0.25) is 0 Å². The summed E-state index contributed by atoms with van der Waals surface area (Å²) in [6.07, 6.45) is 6.85. The van der Waals surface area contributed by atoms with Gasteiger partial charge in [-0.1, -0.05) is 44.6 Å². The highest BCUT2D eigenvalue weighted by Gasteiger charge is 2.65. The van der Waals surface area contributed by atoms with Gasteiger partial charge in [-0.15, -0.1) is 0 Å². The second kappa shape index (κ2) is 5.76. The van der Waals surface area contributed by atoms with Crippen molar-refractivity contribution in [3.05, 3.63) is 24.3 Å². The predicted octanol–water partition coefficient (Wildman–Crippen LogP) is 1.71. The molecule has 3 unspecified atom stereocenters. The van der Waals surface area contributed by atoms with E-state index >= 15 is 0 Å². The zero-order chi connectivity index (χ0) is 17.4. The number of rotatable bonds is 6. The molecule has 1 aliphatic carbocycles. The van der Waals surface area contributed by atoms with Crippen LogP contribution in [0.25, 0.3) is 0 Å². The molecule has 6 nitrogen and oxygen atoms in total. The maximum atomic E-state index is 13.0. The van der Waals surface area contributed by atoms with Crippen LogP contribution in [0.15, 0.2) is 24.3 Å². The monoisotopic (exact) mass is 319 g/mol. The fourth-order valence-electron chi connectivity index (χ4n) is 3.65. The molecular formula is C17H21NO5. The molecule has 1 aliphatic heterocycles. The van der Waals surface area contributed by atoms with Crippen molar-refractivity contribution in [2.45, 2.75) is 45.6 Å². The first-order valence-corrected chi connectivity index (χ1v) is 7.78. The molecule has 0 radical (unpaired) electrons. The minimum absolute atomic E-state index is 0.0990.